The average molecular weight is 165 g/mol. The highest BCUT2D eigenvalue weighted by Gasteiger charge is 1.79. The molecule has 11 heavy (non-hydrogen) atoms. The molecule has 0 aromatic rings. The van der Waals surface area contributed by atoms with Gasteiger partial charge in [0.25, 0.3) is 0 Å². The van der Waals surface area contributed by atoms with E-state index in [1.54, 1.807) is 12.2 Å². The van der Waals surface area contributed by atoms with E-state index in [-0.39, 0.29) is 0 Å². The van der Waals surface area contributed by atoms with Crippen LogP contribution in [-0.4, -0.2) is 0 Å². The third-order valence-electron chi connectivity index (χ3n) is 1.18. The van der Waals surface area contributed by atoms with Gasteiger partial charge in [-0.2, -0.15) is 5.26 Å². The zero-order valence-electron chi connectivity index (χ0n) is 6.70. The molecule has 0 bridgehead atoms. The van der Waals surface area contributed by atoms with Gasteiger partial charge in [0.15, 0.2) is 0 Å². The van der Waals surface area contributed by atoms with Crippen molar-refractivity contribution in [3.05, 3.63) is 34.8 Å². The van der Waals surface area contributed by atoms with Crippen LogP contribution < -0.4 is 0 Å². The molecular weight excluding hydrogens is 154 g/mol. The lowest BCUT2D eigenvalue weighted by atomic mass is 10.2. The van der Waals surface area contributed by atoms with Gasteiger partial charge in [-0.15, -0.1) is 12.6 Å². The van der Waals surface area contributed by atoms with Crippen LogP contribution >= 0.6 is 12.6 Å². The maximum atomic E-state index is 8.31. The van der Waals surface area contributed by atoms with Crippen LogP contribution in [0.15, 0.2) is 34.8 Å². The quantitative estimate of drug-likeness (QED) is 0.379. The summed E-state index contributed by atoms with van der Waals surface area (Å²) in [4.78, 5) is 0.421. The van der Waals surface area contributed by atoms with Crippen LogP contribution in [0.1, 0.15) is 13.8 Å². The highest BCUT2D eigenvalue weighted by Crippen LogP contribution is 1.99. The van der Waals surface area contributed by atoms with E-state index in [0.29, 0.717) is 4.91 Å². The van der Waals surface area contributed by atoms with Crippen LogP contribution in [0.25, 0.3) is 0 Å². The number of nitriles is 1. The normalized spacial score (nSPS) is 13.6. The Hall–Kier alpha value is -0.940. The predicted octanol–water partition coefficient (Wildman–Crippen LogP) is 2.85. The Bertz CT molecular complexity index is 241. The summed E-state index contributed by atoms with van der Waals surface area (Å²) in [6.45, 7) is 3.96. The van der Waals surface area contributed by atoms with E-state index < -0.39 is 0 Å². The van der Waals surface area contributed by atoms with Crippen molar-refractivity contribution in [3.8, 4) is 6.07 Å². The Morgan fingerprint density at radius 3 is 2.64 bits per heavy atom. The SMILES string of the molecule is C/C=C(C)/C=C/C=C(\S)C#N. The molecule has 0 atom stereocenters. The molecule has 0 amide bonds. The highest BCUT2D eigenvalue weighted by atomic mass is 32.1. The Labute approximate surface area is 73.1 Å². The summed E-state index contributed by atoms with van der Waals surface area (Å²) in [7, 11) is 0. The van der Waals surface area contributed by atoms with E-state index in [1.165, 1.54) is 5.57 Å². The lowest BCUT2D eigenvalue weighted by molar-refractivity contribution is 1.48. The minimum atomic E-state index is 0.421. The number of thiol groups is 1. The van der Waals surface area contributed by atoms with Crippen molar-refractivity contribution >= 4 is 12.6 Å². The number of hydrogen-bond donors (Lipinski definition) is 1. The van der Waals surface area contributed by atoms with E-state index in [4.69, 9.17) is 5.26 Å². The van der Waals surface area contributed by atoms with Crippen molar-refractivity contribution in [3.63, 3.8) is 0 Å². The average Bonchev–Trinajstić information content (AvgIpc) is 2.04. The Morgan fingerprint density at radius 2 is 2.18 bits per heavy atom. The van der Waals surface area contributed by atoms with Gasteiger partial charge < -0.3 is 0 Å². The van der Waals surface area contributed by atoms with Gasteiger partial charge >= 0.3 is 0 Å². The smallest absolute Gasteiger partial charge is 0.106 e. The van der Waals surface area contributed by atoms with Gasteiger partial charge in [0.1, 0.15) is 6.07 Å². The summed E-state index contributed by atoms with van der Waals surface area (Å²) in [6, 6.07) is 1.91. The second-order valence-electron chi connectivity index (χ2n) is 2.06. The number of nitrogens with zero attached hydrogens (tertiary/aromatic N) is 1. The molecule has 0 aromatic heterocycles. The van der Waals surface area contributed by atoms with E-state index in [2.05, 4.69) is 12.6 Å². The Morgan fingerprint density at radius 1 is 1.55 bits per heavy atom. The maximum Gasteiger partial charge on any atom is 0.106 e. The largest absolute Gasteiger partial charge is 0.192 e. The summed E-state index contributed by atoms with van der Waals surface area (Å²) in [5.41, 5.74) is 1.17. The fourth-order valence-electron chi connectivity index (χ4n) is 0.425. The Balaban J connectivity index is 4.09. The molecule has 0 aromatic carbocycles. The molecule has 0 spiro atoms. The molecule has 0 aliphatic heterocycles. The zero-order valence-corrected chi connectivity index (χ0v) is 7.60. The second-order valence-corrected chi connectivity index (χ2v) is 2.54. The molecule has 0 unspecified atom stereocenters. The van der Waals surface area contributed by atoms with Crippen molar-refractivity contribution in [1.29, 1.82) is 5.26 Å². The molecular formula is C9H11NS. The van der Waals surface area contributed by atoms with Crippen LogP contribution in [0.3, 0.4) is 0 Å². The van der Waals surface area contributed by atoms with Gasteiger partial charge in [-0.1, -0.05) is 23.8 Å². The molecule has 0 saturated carbocycles. The molecule has 0 rings (SSSR count). The number of hydrogen-bond acceptors (Lipinski definition) is 2. The summed E-state index contributed by atoms with van der Waals surface area (Å²) >= 11 is 3.89. The first-order valence-corrected chi connectivity index (χ1v) is 3.75. The molecule has 0 N–H and O–H groups in total. The fraction of sp³-hybridized carbons (Fsp3) is 0.222. The first kappa shape index (κ1) is 10.1. The minimum absolute atomic E-state index is 0.421. The van der Waals surface area contributed by atoms with Crippen LogP contribution in [-0.2, 0) is 0 Å². The maximum absolute atomic E-state index is 8.31. The molecule has 0 aliphatic rings. The molecule has 1 nitrogen and oxygen atoms in total. The van der Waals surface area contributed by atoms with Gasteiger partial charge in [-0.25, -0.2) is 0 Å². The van der Waals surface area contributed by atoms with Crippen molar-refractivity contribution in [1.82, 2.24) is 0 Å². The van der Waals surface area contributed by atoms with Gasteiger partial charge in [0, 0.05) is 0 Å². The monoisotopic (exact) mass is 165 g/mol. The van der Waals surface area contributed by atoms with E-state index >= 15 is 0 Å². The van der Waals surface area contributed by atoms with E-state index in [0.717, 1.165) is 0 Å². The van der Waals surface area contributed by atoms with Gasteiger partial charge in [0.05, 0.1) is 4.91 Å². The van der Waals surface area contributed by atoms with Gasteiger partial charge in [-0.05, 0) is 19.9 Å². The third kappa shape index (κ3) is 5.50. The Kier molecular flexibility index (Phi) is 5.32. The topological polar surface area (TPSA) is 23.8 Å². The number of rotatable bonds is 2. The minimum Gasteiger partial charge on any atom is -0.192 e. The third-order valence-corrected chi connectivity index (χ3v) is 1.43. The zero-order chi connectivity index (χ0) is 8.69. The summed E-state index contributed by atoms with van der Waals surface area (Å²) < 4.78 is 0. The predicted molar refractivity (Wildman–Crippen MR) is 51.3 cm³/mol. The molecule has 0 fully saturated rings. The summed E-state index contributed by atoms with van der Waals surface area (Å²) in [6.07, 6.45) is 7.39. The molecule has 2 heteroatoms. The lowest BCUT2D eigenvalue weighted by Gasteiger charge is -1.84. The molecule has 0 saturated heterocycles. The van der Waals surface area contributed by atoms with Crippen molar-refractivity contribution in [2.75, 3.05) is 0 Å². The standard InChI is InChI=1S/C9H11NS/c1-3-8(2)5-4-6-9(11)7-10/h3-6,11H,1-2H3/b5-4+,8-3+,9-6-. The second kappa shape index (κ2) is 5.82. The van der Waals surface area contributed by atoms with Gasteiger partial charge in [0.2, 0.25) is 0 Å². The summed E-state index contributed by atoms with van der Waals surface area (Å²) in [5.74, 6) is 0. The van der Waals surface area contributed by atoms with E-state index in [9.17, 15) is 0 Å². The van der Waals surface area contributed by atoms with Gasteiger partial charge in [-0.3, -0.25) is 0 Å². The van der Waals surface area contributed by atoms with Crippen LogP contribution in [0.2, 0.25) is 0 Å². The molecule has 58 valence electrons. The fourth-order valence-corrected chi connectivity index (χ4v) is 0.511. The van der Waals surface area contributed by atoms with E-state index in [1.807, 2.05) is 32.1 Å². The van der Waals surface area contributed by atoms with Crippen LogP contribution in [0.4, 0.5) is 0 Å². The molecule has 0 radical (unpaired) electrons. The molecule has 0 aliphatic carbocycles. The molecule has 0 heterocycles. The van der Waals surface area contributed by atoms with Crippen molar-refractivity contribution in [2.24, 2.45) is 0 Å². The van der Waals surface area contributed by atoms with Crippen molar-refractivity contribution < 1.29 is 0 Å². The highest BCUT2D eigenvalue weighted by molar-refractivity contribution is 7.84. The van der Waals surface area contributed by atoms with Crippen LogP contribution in [0, 0.1) is 11.3 Å². The van der Waals surface area contributed by atoms with Crippen molar-refractivity contribution in [2.45, 2.75) is 13.8 Å². The lowest BCUT2D eigenvalue weighted by Crippen LogP contribution is -1.64. The number of allylic oxidation sites excluding steroid dienone is 6. The first-order valence-electron chi connectivity index (χ1n) is 3.31. The summed E-state index contributed by atoms with van der Waals surface area (Å²) in [5, 5.41) is 8.31. The van der Waals surface area contributed by atoms with Crippen LogP contribution in [0.5, 0.6) is 0 Å². The first-order chi connectivity index (χ1) is 5.20.